The van der Waals surface area contributed by atoms with Crippen LogP contribution in [0.15, 0.2) is 97.1 Å². The molecule has 0 unspecified atom stereocenters. The predicted octanol–water partition coefficient (Wildman–Crippen LogP) is 5.00. The number of ether oxygens (including phenoxy) is 2. The van der Waals surface area contributed by atoms with Gasteiger partial charge in [-0.15, -0.1) is 20.4 Å². The Morgan fingerprint density at radius 3 is 1.14 bits per heavy atom. The molecular weight excluding hydrogens is 440 g/mol. The molecule has 6 aromatic rings. The molecule has 0 aliphatic carbocycles. The standard InChI is InChI=1S/C27H22N6O2/c1-2-7-25-24(6-1)28-32(29-25)20-10-14-22(15-11-20)34-18-5-19-35-23-16-12-21(13-17-23)33-30-26-8-3-4-9-27(26)31-33/h1-4,6-17H,5,18-19H2. The van der Waals surface area contributed by atoms with Crippen molar-refractivity contribution in [3.05, 3.63) is 97.1 Å². The molecule has 0 amide bonds. The number of hydrogen-bond donors (Lipinski definition) is 0. The van der Waals surface area contributed by atoms with Gasteiger partial charge in [-0.3, -0.25) is 0 Å². The van der Waals surface area contributed by atoms with Gasteiger partial charge >= 0.3 is 0 Å². The fourth-order valence-corrected chi connectivity index (χ4v) is 3.74. The molecule has 8 heteroatoms. The zero-order valence-corrected chi connectivity index (χ0v) is 18.9. The molecule has 0 aliphatic heterocycles. The summed E-state index contributed by atoms with van der Waals surface area (Å²) in [5.41, 5.74) is 5.25. The van der Waals surface area contributed by atoms with E-state index in [1.807, 2.05) is 97.1 Å². The lowest BCUT2D eigenvalue weighted by Gasteiger charge is -2.09. The maximum absolute atomic E-state index is 5.85. The Labute approximate surface area is 201 Å². The molecular formula is C27H22N6O2. The first-order valence-corrected chi connectivity index (χ1v) is 11.4. The smallest absolute Gasteiger partial charge is 0.119 e. The number of benzene rings is 4. The zero-order valence-electron chi connectivity index (χ0n) is 18.9. The Kier molecular flexibility index (Phi) is 5.52. The summed E-state index contributed by atoms with van der Waals surface area (Å²) in [4.78, 5) is 3.27. The van der Waals surface area contributed by atoms with E-state index in [0.29, 0.717) is 13.2 Å². The average molecular weight is 463 g/mol. The highest BCUT2D eigenvalue weighted by Crippen LogP contribution is 2.18. The summed E-state index contributed by atoms with van der Waals surface area (Å²) < 4.78 is 11.7. The fraction of sp³-hybridized carbons (Fsp3) is 0.111. The summed E-state index contributed by atoms with van der Waals surface area (Å²) in [6, 6.07) is 31.1. The van der Waals surface area contributed by atoms with Crippen LogP contribution in [0.3, 0.4) is 0 Å². The van der Waals surface area contributed by atoms with E-state index in [1.165, 1.54) is 0 Å². The van der Waals surface area contributed by atoms with Gasteiger partial charge in [-0.2, -0.15) is 9.59 Å². The largest absolute Gasteiger partial charge is 0.493 e. The second-order valence-electron chi connectivity index (χ2n) is 7.99. The second-order valence-corrected chi connectivity index (χ2v) is 7.99. The molecule has 0 saturated heterocycles. The molecule has 0 N–H and O–H groups in total. The Morgan fingerprint density at radius 1 is 0.457 bits per heavy atom. The van der Waals surface area contributed by atoms with Crippen molar-refractivity contribution in [1.29, 1.82) is 0 Å². The predicted molar refractivity (Wildman–Crippen MR) is 133 cm³/mol. The minimum absolute atomic E-state index is 0.561. The van der Waals surface area contributed by atoms with E-state index in [4.69, 9.17) is 9.47 Å². The lowest BCUT2D eigenvalue weighted by Crippen LogP contribution is -2.05. The first kappa shape index (κ1) is 20.9. The maximum Gasteiger partial charge on any atom is 0.119 e. The molecule has 0 aliphatic rings. The normalized spacial score (nSPS) is 11.2. The molecule has 0 atom stereocenters. The van der Waals surface area contributed by atoms with Gasteiger partial charge in [0.2, 0.25) is 0 Å². The van der Waals surface area contributed by atoms with Gasteiger partial charge in [0.05, 0.1) is 24.6 Å². The van der Waals surface area contributed by atoms with Crippen LogP contribution in [0.25, 0.3) is 33.4 Å². The lowest BCUT2D eigenvalue weighted by molar-refractivity contribution is 0.247. The van der Waals surface area contributed by atoms with Crippen LogP contribution in [0.2, 0.25) is 0 Å². The third-order valence-corrected chi connectivity index (χ3v) is 5.53. The highest BCUT2D eigenvalue weighted by molar-refractivity contribution is 5.74. The molecule has 0 saturated carbocycles. The van der Waals surface area contributed by atoms with Gasteiger partial charge < -0.3 is 9.47 Å². The van der Waals surface area contributed by atoms with E-state index in [1.54, 1.807) is 9.59 Å². The highest BCUT2D eigenvalue weighted by atomic mass is 16.5. The summed E-state index contributed by atoms with van der Waals surface area (Å²) in [5, 5.41) is 18.0. The van der Waals surface area contributed by atoms with Crippen LogP contribution >= 0.6 is 0 Å². The van der Waals surface area contributed by atoms with Gasteiger partial charge in [0.1, 0.15) is 33.6 Å². The van der Waals surface area contributed by atoms with E-state index < -0.39 is 0 Å². The van der Waals surface area contributed by atoms with E-state index in [-0.39, 0.29) is 0 Å². The first-order chi connectivity index (χ1) is 17.3. The van der Waals surface area contributed by atoms with Crippen LogP contribution in [-0.4, -0.2) is 43.2 Å². The maximum atomic E-state index is 5.85. The Morgan fingerprint density at radius 2 is 0.800 bits per heavy atom. The van der Waals surface area contributed by atoms with Crippen molar-refractivity contribution in [2.24, 2.45) is 0 Å². The van der Waals surface area contributed by atoms with Crippen LogP contribution in [-0.2, 0) is 0 Å². The molecule has 35 heavy (non-hydrogen) atoms. The topological polar surface area (TPSA) is 79.9 Å². The lowest BCUT2D eigenvalue weighted by atomic mass is 10.3. The average Bonchev–Trinajstić information content (AvgIpc) is 3.54. The van der Waals surface area contributed by atoms with E-state index in [9.17, 15) is 0 Å². The number of hydrogen-bond acceptors (Lipinski definition) is 6. The summed E-state index contributed by atoms with van der Waals surface area (Å²) >= 11 is 0. The molecule has 0 bridgehead atoms. The van der Waals surface area contributed by atoms with E-state index >= 15 is 0 Å². The summed E-state index contributed by atoms with van der Waals surface area (Å²) in [6.45, 7) is 1.12. The van der Waals surface area contributed by atoms with Gasteiger partial charge in [0, 0.05) is 6.42 Å². The van der Waals surface area contributed by atoms with Crippen LogP contribution in [0, 0.1) is 0 Å². The van der Waals surface area contributed by atoms with Gasteiger partial charge in [-0.1, -0.05) is 24.3 Å². The Hall–Kier alpha value is -4.72. The Balaban J connectivity index is 0.979. The molecule has 4 aromatic carbocycles. The molecule has 2 heterocycles. The van der Waals surface area contributed by atoms with Crippen molar-refractivity contribution in [2.45, 2.75) is 6.42 Å². The summed E-state index contributed by atoms with van der Waals surface area (Å²) in [6.07, 6.45) is 0.766. The van der Waals surface area contributed by atoms with Crippen LogP contribution < -0.4 is 9.47 Å². The van der Waals surface area contributed by atoms with Crippen molar-refractivity contribution in [1.82, 2.24) is 30.0 Å². The molecule has 6 rings (SSSR count). The number of rotatable bonds is 8. The van der Waals surface area contributed by atoms with E-state index in [0.717, 1.165) is 51.4 Å². The number of aromatic nitrogens is 6. The van der Waals surface area contributed by atoms with Crippen LogP contribution in [0.1, 0.15) is 6.42 Å². The fourth-order valence-electron chi connectivity index (χ4n) is 3.74. The quantitative estimate of drug-likeness (QED) is 0.296. The van der Waals surface area contributed by atoms with E-state index in [2.05, 4.69) is 20.4 Å². The van der Waals surface area contributed by atoms with Gasteiger partial charge in [-0.25, -0.2) is 0 Å². The Bertz CT molecular complexity index is 1390. The van der Waals surface area contributed by atoms with Crippen molar-refractivity contribution in [3.63, 3.8) is 0 Å². The minimum Gasteiger partial charge on any atom is -0.493 e. The van der Waals surface area contributed by atoms with Crippen molar-refractivity contribution < 1.29 is 9.47 Å². The second kappa shape index (κ2) is 9.26. The third-order valence-electron chi connectivity index (χ3n) is 5.53. The SMILES string of the molecule is c1ccc2nn(-c3ccc(OCCCOc4ccc(-n5nc6ccccc6n5)cc4)cc3)nc2c1. The van der Waals surface area contributed by atoms with Gasteiger partial charge in [0.25, 0.3) is 0 Å². The molecule has 8 nitrogen and oxygen atoms in total. The van der Waals surface area contributed by atoms with Crippen LogP contribution in [0.5, 0.6) is 11.5 Å². The first-order valence-electron chi connectivity index (χ1n) is 11.4. The molecule has 0 fully saturated rings. The molecule has 172 valence electrons. The summed E-state index contributed by atoms with van der Waals surface area (Å²) in [7, 11) is 0. The van der Waals surface area contributed by atoms with Crippen molar-refractivity contribution >= 4 is 22.1 Å². The van der Waals surface area contributed by atoms with Gasteiger partial charge in [-0.05, 0) is 72.8 Å². The summed E-state index contributed by atoms with van der Waals surface area (Å²) in [5.74, 6) is 1.60. The van der Waals surface area contributed by atoms with Crippen LogP contribution in [0.4, 0.5) is 0 Å². The zero-order chi connectivity index (χ0) is 23.5. The molecule has 2 aromatic heterocycles. The minimum atomic E-state index is 0.561. The van der Waals surface area contributed by atoms with Crippen molar-refractivity contribution in [3.8, 4) is 22.9 Å². The van der Waals surface area contributed by atoms with Gasteiger partial charge in [0.15, 0.2) is 0 Å². The molecule has 0 spiro atoms. The highest BCUT2D eigenvalue weighted by Gasteiger charge is 2.06. The number of nitrogens with zero attached hydrogens (tertiary/aromatic N) is 6. The third kappa shape index (κ3) is 4.54. The monoisotopic (exact) mass is 462 g/mol. The van der Waals surface area contributed by atoms with Crippen molar-refractivity contribution in [2.75, 3.05) is 13.2 Å². The molecule has 0 radical (unpaired) electrons. The number of fused-ring (bicyclic) bond motifs is 2.